The van der Waals surface area contributed by atoms with Crippen molar-refractivity contribution in [3.8, 4) is 28.6 Å². The Morgan fingerprint density at radius 2 is 2.00 bits per heavy atom. The van der Waals surface area contributed by atoms with Gasteiger partial charge in [0.2, 0.25) is 0 Å². The second-order valence-corrected chi connectivity index (χ2v) is 7.75. The van der Waals surface area contributed by atoms with E-state index in [4.69, 9.17) is 4.98 Å². The van der Waals surface area contributed by atoms with Gasteiger partial charge in [-0.3, -0.25) is 9.38 Å². The Kier molecular flexibility index (Phi) is 3.99. The lowest BCUT2D eigenvalue weighted by molar-refractivity contribution is 0.686. The highest BCUT2D eigenvalue weighted by atomic mass is 32.1. The molecule has 0 N–H and O–H groups in total. The maximum absolute atomic E-state index is 9.42. The number of hydrogen-bond acceptors (Lipinski definition) is 4. The molecule has 5 rings (SSSR count). The number of hydrogen-bond donors (Lipinski definition) is 0. The van der Waals surface area contributed by atoms with Gasteiger partial charge in [0.1, 0.15) is 0 Å². The molecule has 4 nitrogen and oxygen atoms in total. The van der Waals surface area contributed by atoms with Gasteiger partial charge >= 0.3 is 0 Å². The van der Waals surface area contributed by atoms with Crippen LogP contribution in [0.3, 0.4) is 0 Å². The van der Waals surface area contributed by atoms with Crippen molar-refractivity contribution in [3.05, 3.63) is 64.9 Å². The Balaban J connectivity index is 1.70. The van der Waals surface area contributed by atoms with Crippen molar-refractivity contribution in [2.75, 3.05) is 0 Å². The van der Waals surface area contributed by atoms with Crippen LogP contribution in [0.4, 0.5) is 0 Å². The average Bonchev–Trinajstić information content (AvgIpc) is 3.29. The van der Waals surface area contributed by atoms with Crippen LogP contribution in [-0.4, -0.2) is 14.4 Å². The molecule has 0 saturated heterocycles. The monoisotopic (exact) mass is 370 g/mol. The maximum atomic E-state index is 9.42. The normalized spacial score (nSPS) is 13.4. The average molecular weight is 370 g/mol. The smallest absolute Gasteiger partial charge is 0.194 e. The molecule has 1 aromatic carbocycles. The first-order valence-corrected chi connectivity index (χ1v) is 10.1. The maximum Gasteiger partial charge on any atom is 0.194 e. The summed E-state index contributed by atoms with van der Waals surface area (Å²) in [7, 11) is 0. The third kappa shape index (κ3) is 2.73. The molecule has 27 heavy (non-hydrogen) atoms. The summed E-state index contributed by atoms with van der Waals surface area (Å²) in [6.45, 7) is 0. The molecule has 0 spiro atoms. The molecule has 0 aliphatic heterocycles. The van der Waals surface area contributed by atoms with Gasteiger partial charge in [-0.2, -0.15) is 5.26 Å². The first kappa shape index (κ1) is 16.2. The van der Waals surface area contributed by atoms with Gasteiger partial charge in [0.15, 0.2) is 4.96 Å². The number of thiazole rings is 1. The summed E-state index contributed by atoms with van der Waals surface area (Å²) in [5, 5.41) is 11.6. The highest BCUT2D eigenvalue weighted by Gasteiger charge is 2.19. The Labute approximate surface area is 161 Å². The molecule has 0 radical (unpaired) electrons. The lowest BCUT2D eigenvalue weighted by Gasteiger charge is -2.16. The van der Waals surface area contributed by atoms with E-state index in [0.29, 0.717) is 6.42 Å². The zero-order valence-corrected chi connectivity index (χ0v) is 15.7. The zero-order chi connectivity index (χ0) is 18.2. The van der Waals surface area contributed by atoms with Gasteiger partial charge in [-0.15, -0.1) is 11.3 Å². The third-order valence-corrected chi connectivity index (χ3v) is 6.11. The van der Waals surface area contributed by atoms with E-state index in [9.17, 15) is 5.26 Å². The summed E-state index contributed by atoms with van der Waals surface area (Å²) in [5.74, 6) is 0. The third-order valence-electron chi connectivity index (χ3n) is 5.28. The minimum absolute atomic E-state index is 0.320. The van der Waals surface area contributed by atoms with Crippen molar-refractivity contribution in [3.63, 3.8) is 0 Å². The van der Waals surface area contributed by atoms with Gasteiger partial charge in [0.05, 0.1) is 29.6 Å². The van der Waals surface area contributed by atoms with Gasteiger partial charge in [-0.1, -0.05) is 12.1 Å². The minimum Gasteiger partial charge on any atom is -0.286 e. The fourth-order valence-corrected chi connectivity index (χ4v) is 4.90. The van der Waals surface area contributed by atoms with E-state index in [1.54, 1.807) is 17.5 Å². The second-order valence-electron chi connectivity index (χ2n) is 6.91. The molecule has 5 heteroatoms. The van der Waals surface area contributed by atoms with Crippen LogP contribution in [-0.2, 0) is 19.3 Å². The van der Waals surface area contributed by atoms with Gasteiger partial charge in [-0.05, 0) is 60.6 Å². The highest BCUT2D eigenvalue weighted by Crippen LogP contribution is 2.34. The number of aromatic nitrogens is 3. The molecule has 0 saturated carbocycles. The van der Waals surface area contributed by atoms with Crippen LogP contribution in [0.2, 0.25) is 0 Å². The van der Waals surface area contributed by atoms with Crippen molar-refractivity contribution in [2.45, 2.75) is 32.1 Å². The number of pyridine rings is 1. The van der Waals surface area contributed by atoms with Crippen LogP contribution in [0, 0.1) is 11.3 Å². The Morgan fingerprint density at radius 3 is 2.81 bits per heavy atom. The van der Waals surface area contributed by atoms with E-state index >= 15 is 0 Å². The molecule has 0 fully saturated rings. The topological polar surface area (TPSA) is 54.0 Å². The summed E-state index contributed by atoms with van der Waals surface area (Å²) in [5.41, 5.74) is 8.02. The second kappa shape index (κ2) is 6.64. The molecule has 0 atom stereocenters. The summed E-state index contributed by atoms with van der Waals surface area (Å²) < 4.78 is 2.15. The summed E-state index contributed by atoms with van der Waals surface area (Å²) in [4.78, 5) is 9.97. The molecule has 3 heterocycles. The van der Waals surface area contributed by atoms with E-state index in [1.807, 2.05) is 18.3 Å². The molecule has 0 bridgehead atoms. The molecule has 132 valence electrons. The van der Waals surface area contributed by atoms with Gasteiger partial charge in [-0.25, -0.2) is 4.98 Å². The molecular weight excluding hydrogens is 352 g/mol. The number of aryl methyl sites for hydroxylation is 2. The summed E-state index contributed by atoms with van der Waals surface area (Å²) in [6.07, 6.45) is 8.79. The zero-order valence-electron chi connectivity index (χ0n) is 14.9. The van der Waals surface area contributed by atoms with E-state index < -0.39 is 0 Å². The summed E-state index contributed by atoms with van der Waals surface area (Å²) in [6, 6.07) is 13.0. The van der Waals surface area contributed by atoms with Crippen LogP contribution in [0.25, 0.3) is 27.5 Å². The van der Waals surface area contributed by atoms with E-state index in [1.165, 1.54) is 36.0 Å². The molecule has 0 unspecified atom stereocenters. The first-order chi connectivity index (χ1) is 13.3. The molecule has 0 amide bonds. The number of imidazole rings is 1. The van der Waals surface area contributed by atoms with Crippen molar-refractivity contribution < 1.29 is 0 Å². The van der Waals surface area contributed by atoms with Crippen LogP contribution < -0.4 is 0 Å². The van der Waals surface area contributed by atoms with Gasteiger partial charge in [0, 0.05) is 23.3 Å². The van der Waals surface area contributed by atoms with Crippen LogP contribution >= 0.6 is 11.3 Å². The lowest BCUT2D eigenvalue weighted by Crippen LogP contribution is -2.03. The first-order valence-electron chi connectivity index (χ1n) is 9.23. The Morgan fingerprint density at radius 1 is 1.11 bits per heavy atom. The van der Waals surface area contributed by atoms with Crippen LogP contribution in [0.15, 0.2) is 48.1 Å². The van der Waals surface area contributed by atoms with Crippen molar-refractivity contribution in [2.24, 2.45) is 0 Å². The molecule has 4 aromatic rings. The van der Waals surface area contributed by atoms with Crippen molar-refractivity contribution in [1.82, 2.24) is 14.4 Å². The van der Waals surface area contributed by atoms with E-state index in [-0.39, 0.29) is 0 Å². The molecule has 1 aliphatic rings. The molecular formula is C22H18N4S. The molecule has 1 aliphatic carbocycles. The quantitative estimate of drug-likeness (QED) is 0.506. The van der Waals surface area contributed by atoms with Crippen molar-refractivity contribution in [1.29, 1.82) is 5.26 Å². The number of nitrogens with zero attached hydrogens (tertiary/aromatic N) is 4. The van der Waals surface area contributed by atoms with E-state index in [0.717, 1.165) is 34.0 Å². The fourth-order valence-electron chi connectivity index (χ4n) is 3.98. The minimum atomic E-state index is 0.320. The Hall–Kier alpha value is -2.97. The van der Waals surface area contributed by atoms with Crippen LogP contribution in [0.5, 0.6) is 0 Å². The highest BCUT2D eigenvalue weighted by molar-refractivity contribution is 7.15. The molecule has 3 aromatic heterocycles. The predicted molar refractivity (Wildman–Crippen MR) is 108 cm³/mol. The van der Waals surface area contributed by atoms with E-state index in [2.05, 4.69) is 39.0 Å². The van der Waals surface area contributed by atoms with Gasteiger partial charge in [0.25, 0.3) is 0 Å². The summed E-state index contributed by atoms with van der Waals surface area (Å²) >= 11 is 1.62. The SMILES string of the molecule is N#CCc1c(-c2cccnc2)nc2scc(-c3ccc4c(c3)CCCC4)n12. The number of nitriles is 1. The predicted octanol–water partition coefficient (Wildman–Crippen LogP) is 5.07. The fraction of sp³-hybridized carbons (Fsp3) is 0.227. The van der Waals surface area contributed by atoms with Crippen LogP contribution in [0.1, 0.15) is 29.7 Å². The number of fused-ring (bicyclic) bond motifs is 2. The number of benzene rings is 1. The largest absolute Gasteiger partial charge is 0.286 e. The van der Waals surface area contributed by atoms with Gasteiger partial charge < -0.3 is 0 Å². The standard InChI is InChI=1S/C22H18N4S/c23-10-9-19-21(18-6-3-11-24-13-18)25-22-26(19)20(14-27-22)17-8-7-15-4-1-2-5-16(15)12-17/h3,6-8,11-14H,1-2,4-5,9H2. The lowest BCUT2D eigenvalue weighted by atomic mass is 9.90. The van der Waals surface area contributed by atoms with Crippen molar-refractivity contribution >= 4 is 16.3 Å². The number of rotatable bonds is 3. The Bertz CT molecular complexity index is 1160.